The Bertz CT molecular complexity index is 546. The van der Waals surface area contributed by atoms with Crippen LogP contribution in [-0.4, -0.2) is 68.7 Å². The van der Waals surface area contributed by atoms with Gasteiger partial charge in [0.25, 0.3) is 0 Å². The maximum absolute atomic E-state index is 11.8. The summed E-state index contributed by atoms with van der Waals surface area (Å²) < 4.78 is 10.4. The summed E-state index contributed by atoms with van der Waals surface area (Å²) in [6, 6.07) is 0. The van der Waals surface area contributed by atoms with E-state index in [1.807, 2.05) is 0 Å². The monoisotopic (exact) mass is 434 g/mol. The molecule has 4 N–H and O–H groups in total. The predicted molar refractivity (Wildman–Crippen MR) is 105 cm³/mol. The molecule has 0 aliphatic heterocycles. The minimum Gasteiger partial charge on any atom is -0.481 e. The van der Waals surface area contributed by atoms with Crippen molar-refractivity contribution in [3.8, 4) is 0 Å². The third-order valence-electron chi connectivity index (χ3n) is 4.35. The van der Waals surface area contributed by atoms with Gasteiger partial charge in [-0.05, 0) is 52.4 Å². The van der Waals surface area contributed by atoms with Crippen molar-refractivity contribution in [3.63, 3.8) is 0 Å². The molecule has 0 aromatic rings. The molecule has 0 aliphatic rings. The molecule has 174 valence electrons. The summed E-state index contributed by atoms with van der Waals surface area (Å²) in [5.74, 6) is -3.42. The minimum atomic E-state index is -1.10. The highest BCUT2D eigenvalue weighted by molar-refractivity contribution is 5.77. The molecule has 0 bridgehead atoms. The van der Waals surface area contributed by atoms with Gasteiger partial charge in [-0.3, -0.25) is 19.2 Å². The third-order valence-corrected chi connectivity index (χ3v) is 4.35. The fourth-order valence-corrected chi connectivity index (χ4v) is 2.64. The summed E-state index contributed by atoms with van der Waals surface area (Å²) in [4.78, 5) is 44.2. The Morgan fingerprint density at radius 2 is 1.13 bits per heavy atom. The van der Waals surface area contributed by atoms with Crippen molar-refractivity contribution in [1.29, 1.82) is 0 Å². The molecule has 4 atom stereocenters. The van der Waals surface area contributed by atoms with E-state index in [0.717, 1.165) is 0 Å². The highest BCUT2D eigenvalue weighted by Gasteiger charge is 2.19. The number of carbonyl (C=O) groups excluding carboxylic acids is 2. The molecule has 0 rings (SSSR count). The van der Waals surface area contributed by atoms with Crippen LogP contribution in [-0.2, 0) is 28.7 Å². The normalized spacial score (nSPS) is 14.9. The second-order valence-corrected chi connectivity index (χ2v) is 7.43. The molecule has 0 heterocycles. The van der Waals surface area contributed by atoms with Gasteiger partial charge >= 0.3 is 23.9 Å². The average Bonchev–Trinajstić information content (AvgIpc) is 2.65. The zero-order valence-corrected chi connectivity index (χ0v) is 17.6. The predicted octanol–water partition coefficient (Wildman–Crippen LogP) is 1.64. The Morgan fingerprint density at radius 3 is 1.63 bits per heavy atom. The lowest BCUT2D eigenvalue weighted by Gasteiger charge is -2.21. The van der Waals surface area contributed by atoms with Crippen LogP contribution >= 0.6 is 0 Å². The lowest BCUT2D eigenvalue weighted by Crippen LogP contribution is -2.23. The van der Waals surface area contributed by atoms with Gasteiger partial charge < -0.3 is 29.9 Å². The molecular weight excluding hydrogens is 400 g/mol. The maximum Gasteiger partial charge on any atom is 0.306 e. The summed E-state index contributed by atoms with van der Waals surface area (Å²) in [5, 5.41) is 36.8. The zero-order chi connectivity index (χ0) is 23.1. The number of hydrogen-bond acceptors (Lipinski definition) is 8. The van der Waals surface area contributed by atoms with Crippen molar-refractivity contribution in [2.24, 2.45) is 0 Å². The van der Waals surface area contributed by atoms with E-state index in [1.165, 1.54) is 0 Å². The lowest BCUT2D eigenvalue weighted by molar-refractivity contribution is -0.153. The van der Waals surface area contributed by atoms with Crippen molar-refractivity contribution in [2.75, 3.05) is 0 Å². The highest BCUT2D eigenvalue weighted by Crippen LogP contribution is 2.17. The molecule has 10 heteroatoms. The van der Waals surface area contributed by atoms with Crippen molar-refractivity contribution in [2.45, 2.75) is 102 Å². The number of rotatable bonds is 17. The molecule has 0 amide bonds. The topological polar surface area (TPSA) is 168 Å². The van der Waals surface area contributed by atoms with Crippen molar-refractivity contribution in [1.82, 2.24) is 0 Å². The smallest absolute Gasteiger partial charge is 0.306 e. The second-order valence-electron chi connectivity index (χ2n) is 7.43. The summed E-state index contributed by atoms with van der Waals surface area (Å²) in [5.41, 5.74) is 0. The average molecular weight is 434 g/mol. The van der Waals surface area contributed by atoms with Gasteiger partial charge in [-0.25, -0.2) is 0 Å². The van der Waals surface area contributed by atoms with E-state index in [0.29, 0.717) is 38.5 Å². The van der Waals surface area contributed by atoms with E-state index in [2.05, 4.69) is 0 Å². The molecular formula is C20H34O10. The van der Waals surface area contributed by atoms with Gasteiger partial charge in [-0.1, -0.05) is 0 Å². The number of aliphatic hydroxyl groups excluding tert-OH is 2. The van der Waals surface area contributed by atoms with Crippen molar-refractivity contribution < 1.29 is 49.1 Å². The Labute approximate surface area is 176 Å². The first kappa shape index (κ1) is 27.8. The molecule has 0 saturated heterocycles. The van der Waals surface area contributed by atoms with Crippen LogP contribution in [0.3, 0.4) is 0 Å². The number of aliphatic hydroxyl groups is 2. The van der Waals surface area contributed by atoms with E-state index in [-0.39, 0.29) is 25.7 Å². The number of carboxylic acids is 2. The lowest BCUT2D eigenvalue weighted by atomic mass is 10.0. The Morgan fingerprint density at radius 1 is 0.667 bits per heavy atom. The Hall–Kier alpha value is -2.20. The summed E-state index contributed by atoms with van der Waals surface area (Å²) in [6.45, 7) is 3.26. The van der Waals surface area contributed by atoms with Crippen LogP contribution in [0.15, 0.2) is 0 Å². The first-order valence-electron chi connectivity index (χ1n) is 10.2. The van der Waals surface area contributed by atoms with Crippen LogP contribution in [0.1, 0.15) is 78.1 Å². The van der Waals surface area contributed by atoms with Crippen molar-refractivity contribution >= 4 is 23.9 Å². The Kier molecular flexibility index (Phi) is 14.5. The van der Waals surface area contributed by atoms with E-state index < -0.39 is 48.3 Å². The number of ether oxygens (including phenoxy) is 2. The molecule has 0 spiro atoms. The SMILES string of the molecule is CC(O)CCC(CCC(O)CCC(C)OC(=O)CCC(=O)O)OC(=O)CCC(=O)O. The van der Waals surface area contributed by atoms with Crippen LogP contribution in [0.2, 0.25) is 0 Å². The molecule has 4 unspecified atom stereocenters. The van der Waals surface area contributed by atoms with Gasteiger partial charge in [0.1, 0.15) is 6.10 Å². The first-order chi connectivity index (χ1) is 14.0. The second kappa shape index (κ2) is 15.6. The molecule has 0 aliphatic carbocycles. The maximum atomic E-state index is 11.8. The van der Waals surface area contributed by atoms with Gasteiger partial charge in [0.15, 0.2) is 0 Å². The molecule has 0 radical (unpaired) electrons. The van der Waals surface area contributed by atoms with Gasteiger partial charge in [0.05, 0.1) is 44.0 Å². The largest absolute Gasteiger partial charge is 0.481 e. The number of carbonyl (C=O) groups is 4. The highest BCUT2D eigenvalue weighted by atomic mass is 16.5. The van der Waals surface area contributed by atoms with Gasteiger partial charge in [-0.15, -0.1) is 0 Å². The van der Waals surface area contributed by atoms with Crippen LogP contribution in [0.25, 0.3) is 0 Å². The number of aliphatic carboxylic acids is 2. The number of hydrogen-bond donors (Lipinski definition) is 4. The quantitative estimate of drug-likeness (QED) is 0.247. The van der Waals surface area contributed by atoms with E-state index >= 15 is 0 Å². The summed E-state index contributed by atoms with van der Waals surface area (Å²) in [6.07, 6.45) is -1.21. The number of esters is 2. The molecule has 30 heavy (non-hydrogen) atoms. The van der Waals surface area contributed by atoms with Gasteiger partial charge in [-0.2, -0.15) is 0 Å². The van der Waals surface area contributed by atoms with Gasteiger partial charge in [0.2, 0.25) is 0 Å². The van der Waals surface area contributed by atoms with Crippen LogP contribution in [0.5, 0.6) is 0 Å². The van der Waals surface area contributed by atoms with Crippen LogP contribution < -0.4 is 0 Å². The van der Waals surface area contributed by atoms with E-state index in [4.69, 9.17) is 19.7 Å². The molecule has 10 nitrogen and oxygen atoms in total. The Balaban J connectivity index is 4.32. The zero-order valence-electron chi connectivity index (χ0n) is 17.6. The molecule has 0 saturated carbocycles. The van der Waals surface area contributed by atoms with Crippen molar-refractivity contribution in [3.05, 3.63) is 0 Å². The van der Waals surface area contributed by atoms with E-state index in [1.54, 1.807) is 13.8 Å². The minimum absolute atomic E-state index is 0.208. The first-order valence-corrected chi connectivity index (χ1v) is 10.2. The fourth-order valence-electron chi connectivity index (χ4n) is 2.64. The fraction of sp³-hybridized carbons (Fsp3) is 0.800. The molecule has 0 aromatic carbocycles. The third kappa shape index (κ3) is 16.7. The van der Waals surface area contributed by atoms with Crippen LogP contribution in [0.4, 0.5) is 0 Å². The molecule has 0 fully saturated rings. The number of carboxylic acid groups (broad SMARTS) is 2. The van der Waals surface area contributed by atoms with Crippen LogP contribution in [0, 0.1) is 0 Å². The summed E-state index contributed by atoms with van der Waals surface area (Å²) >= 11 is 0. The van der Waals surface area contributed by atoms with Gasteiger partial charge in [0, 0.05) is 0 Å². The van der Waals surface area contributed by atoms with E-state index in [9.17, 15) is 29.4 Å². The summed E-state index contributed by atoms with van der Waals surface area (Å²) in [7, 11) is 0. The standard InChI is InChI=1S/C20H34O10/c1-13(21)3-7-16(30-20(28)12-10-18(25)26)8-6-15(22)5-4-14(2)29-19(27)11-9-17(23)24/h13-16,21-22H,3-12H2,1-2H3,(H,23,24)(H,25,26). The molecule has 0 aromatic heterocycles.